The van der Waals surface area contributed by atoms with Gasteiger partial charge in [-0.2, -0.15) is 0 Å². The molecule has 0 bridgehead atoms. The fourth-order valence-corrected chi connectivity index (χ4v) is 5.00. The predicted molar refractivity (Wildman–Crippen MR) is 146 cm³/mol. The van der Waals surface area contributed by atoms with Crippen LogP contribution in [0.3, 0.4) is 0 Å². The number of piperazine rings is 1. The van der Waals surface area contributed by atoms with E-state index in [-0.39, 0.29) is 12.3 Å². The Morgan fingerprint density at radius 2 is 1.69 bits per heavy atom. The van der Waals surface area contributed by atoms with E-state index in [1.807, 2.05) is 60.0 Å². The number of thiazole rings is 1. The lowest BCUT2D eigenvalue weighted by Gasteiger charge is -2.32. The highest BCUT2D eigenvalue weighted by molar-refractivity contribution is 7.13. The van der Waals surface area contributed by atoms with Crippen LogP contribution in [0.4, 0.5) is 5.69 Å². The molecule has 0 aliphatic carbocycles. The van der Waals surface area contributed by atoms with Crippen LogP contribution in [-0.2, 0) is 17.8 Å². The van der Waals surface area contributed by atoms with Gasteiger partial charge in [0.15, 0.2) is 0 Å². The van der Waals surface area contributed by atoms with Crippen molar-refractivity contribution >= 4 is 22.9 Å². The van der Waals surface area contributed by atoms with Gasteiger partial charge in [-0.1, -0.05) is 36.4 Å². The first-order valence-corrected chi connectivity index (χ1v) is 13.1. The summed E-state index contributed by atoms with van der Waals surface area (Å²) < 4.78 is 5.81. The van der Waals surface area contributed by atoms with Crippen molar-refractivity contribution in [2.75, 3.05) is 38.5 Å². The second-order valence-corrected chi connectivity index (χ2v) is 9.95. The predicted octanol–water partition coefficient (Wildman–Crippen LogP) is 5.53. The minimum atomic E-state index is -0.0904. The Balaban J connectivity index is 1.15. The third-order valence-electron chi connectivity index (χ3n) is 6.19. The Morgan fingerprint density at radius 3 is 2.47 bits per heavy atom. The number of anilines is 1. The number of amides is 1. The van der Waals surface area contributed by atoms with Gasteiger partial charge in [0.2, 0.25) is 5.91 Å². The highest BCUT2D eigenvalue weighted by Gasteiger charge is 2.15. The third-order valence-corrected chi connectivity index (χ3v) is 7.13. The lowest BCUT2D eigenvalue weighted by atomic mass is 10.1. The van der Waals surface area contributed by atoms with Crippen LogP contribution in [0.2, 0.25) is 0 Å². The lowest BCUT2D eigenvalue weighted by Crippen LogP contribution is -2.43. The van der Waals surface area contributed by atoms with Gasteiger partial charge in [-0.3, -0.25) is 9.69 Å². The number of benzene rings is 3. The van der Waals surface area contributed by atoms with Gasteiger partial charge in [0.1, 0.15) is 16.5 Å². The molecule has 5 rings (SSSR count). The number of rotatable bonds is 8. The fraction of sp³-hybridized carbons (Fsp3) is 0.241. The number of carbonyl (C=O) groups excluding carboxylic acids is 1. The van der Waals surface area contributed by atoms with Crippen molar-refractivity contribution in [3.05, 3.63) is 95.5 Å². The zero-order chi connectivity index (χ0) is 24.7. The van der Waals surface area contributed by atoms with E-state index in [4.69, 9.17) is 9.72 Å². The van der Waals surface area contributed by atoms with E-state index in [0.29, 0.717) is 0 Å². The molecule has 1 aliphatic rings. The molecule has 1 amide bonds. The summed E-state index contributed by atoms with van der Waals surface area (Å²) in [4.78, 5) is 22.2. The Kier molecular flexibility index (Phi) is 7.71. The number of nitrogens with one attached hydrogen (secondary N) is 1. The van der Waals surface area contributed by atoms with Gasteiger partial charge in [0.25, 0.3) is 0 Å². The summed E-state index contributed by atoms with van der Waals surface area (Å²) in [5.41, 5.74) is 3.91. The molecule has 0 radical (unpaired) electrons. The Labute approximate surface area is 216 Å². The quantitative estimate of drug-likeness (QED) is 0.346. The molecule has 3 aromatic carbocycles. The van der Waals surface area contributed by atoms with Crippen molar-refractivity contribution in [1.29, 1.82) is 0 Å². The largest absolute Gasteiger partial charge is 0.457 e. The normalized spacial score (nSPS) is 14.5. The van der Waals surface area contributed by atoms with Crippen LogP contribution < -0.4 is 10.1 Å². The van der Waals surface area contributed by atoms with E-state index in [1.165, 1.54) is 5.56 Å². The SMILES string of the molecule is CN1CCN(Cc2cccc(-c3nc(CC(=O)Nc4ccc(Oc5ccccc5)cc4)cs3)c2)CC1. The van der Waals surface area contributed by atoms with E-state index in [9.17, 15) is 4.79 Å². The van der Waals surface area contributed by atoms with E-state index in [0.717, 1.165) is 66.2 Å². The number of likely N-dealkylation sites (N-methyl/N-ethyl adjacent to an activating group) is 1. The standard InChI is InChI=1S/C29H30N4O2S/c1-32-14-16-33(17-15-32)20-22-6-5-7-23(18-22)29-31-25(21-36-29)19-28(34)30-24-10-12-27(13-11-24)35-26-8-3-2-4-9-26/h2-13,18,21H,14-17,19-20H2,1H3,(H,30,34). The Bertz CT molecular complexity index is 1280. The van der Waals surface area contributed by atoms with Gasteiger partial charge in [-0.25, -0.2) is 4.98 Å². The van der Waals surface area contributed by atoms with Crippen LogP contribution in [0, 0.1) is 0 Å². The topological polar surface area (TPSA) is 57.7 Å². The maximum atomic E-state index is 12.6. The van der Waals surface area contributed by atoms with Crippen LogP contribution in [0.5, 0.6) is 11.5 Å². The van der Waals surface area contributed by atoms with E-state index < -0.39 is 0 Å². The molecule has 7 heteroatoms. The highest BCUT2D eigenvalue weighted by Crippen LogP contribution is 2.26. The van der Waals surface area contributed by atoms with Crippen LogP contribution in [-0.4, -0.2) is 53.9 Å². The summed E-state index contributed by atoms with van der Waals surface area (Å²) >= 11 is 1.58. The molecule has 4 aromatic rings. The summed E-state index contributed by atoms with van der Waals surface area (Å²) in [6.07, 6.45) is 0.236. The second-order valence-electron chi connectivity index (χ2n) is 9.09. The third kappa shape index (κ3) is 6.57. The van der Waals surface area contributed by atoms with E-state index in [1.54, 1.807) is 11.3 Å². The average molecular weight is 499 g/mol. The van der Waals surface area contributed by atoms with Crippen molar-refractivity contribution in [3.63, 3.8) is 0 Å². The maximum Gasteiger partial charge on any atom is 0.230 e. The lowest BCUT2D eigenvalue weighted by molar-refractivity contribution is -0.115. The van der Waals surface area contributed by atoms with Crippen molar-refractivity contribution < 1.29 is 9.53 Å². The summed E-state index contributed by atoms with van der Waals surface area (Å²) in [6.45, 7) is 5.38. The van der Waals surface area contributed by atoms with Crippen LogP contribution >= 0.6 is 11.3 Å². The molecule has 36 heavy (non-hydrogen) atoms. The maximum absolute atomic E-state index is 12.6. The number of para-hydroxylation sites is 1. The molecule has 0 saturated carbocycles. The molecule has 1 aliphatic heterocycles. The van der Waals surface area contributed by atoms with E-state index in [2.05, 4.69) is 46.4 Å². The molecule has 0 unspecified atom stereocenters. The molecule has 0 atom stereocenters. The summed E-state index contributed by atoms with van der Waals surface area (Å²) in [5.74, 6) is 1.41. The van der Waals surface area contributed by atoms with Crippen LogP contribution in [0.25, 0.3) is 10.6 Å². The first-order chi connectivity index (χ1) is 17.6. The van der Waals surface area contributed by atoms with Gasteiger partial charge in [0.05, 0.1) is 12.1 Å². The number of ether oxygens (including phenoxy) is 1. The number of carbonyl (C=O) groups is 1. The fourth-order valence-electron chi connectivity index (χ4n) is 4.19. The second kappa shape index (κ2) is 11.5. The smallest absolute Gasteiger partial charge is 0.230 e. The molecular weight excluding hydrogens is 468 g/mol. The Hall–Kier alpha value is -3.52. The molecule has 1 saturated heterocycles. The minimum Gasteiger partial charge on any atom is -0.457 e. The van der Waals surface area contributed by atoms with Crippen LogP contribution in [0.15, 0.2) is 84.2 Å². The average Bonchev–Trinajstić information content (AvgIpc) is 3.36. The zero-order valence-corrected chi connectivity index (χ0v) is 21.2. The molecular formula is C29H30N4O2S. The Morgan fingerprint density at radius 1 is 0.944 bits per heavy atom. The van der Waals surface area contributed by atoms with Crippen LogP contribution in [0.1, 0.15) is 11.3 Å². The van der Waals surface area contributed by atoms with Gasteiger partial charge in [0, 0.05) is 49.4 Å². The monoisotopic (exact) mass is 498 g/mol. The number of hydrogen-bond acceptors (Lipinski definition) is 6. The zero-order valence-electron chi connectivity index (χ0n) is 20.4. The molecule has 1 aromatic heterocycles. The number of nitrogens with zero attached hydrogens (tertiary/aromatic N) is 3. The molecule has 184 valence electrons. The number of aromatic nitrogens is 1. The van der Waals surface area contributed by atoms with E-state index >= 15 is 0 Å². The molecule has 1 N–H and O–H groups in total. The van der Waals surface area contributed by atoms with Crippen molar-refractivity contribution in [2.45, 2.75) is 13.0 Å². The van der Waals surface area contributed by atoms with Gasteiger partial charge in [-0.05, 0) is 55.1 Å². The van der Waals surface area contributed by atoms with Crippen molar-refractivity contribution in [1.82, 2.24) is 14.8 Å². The molecule has 0 spiro atoms. The van der Waals surface area contributed by atoms with Crippen molar-refractivity contribution in [2.24, 2.45) is 0 Å². The molecule has 2 heterocycles. The summed E-state index contributed by atoms with van der Waals surface area (Å²) in [5, 5.41) is 5.87. The number of hydrogen-bond donors (Lipinski definition) is 1. The van der Waals surface area contributed by atoms with Crippen molar-refractivity contribution in [3.8, 4) is 22.1 Å². The first-order valence-electron chi connectivity index (χ1n) is 12.2. The minimum absolute atomic E-state index is 0.0904. The highest BCUT2D eigenvalue weighted by atomic mass is 32.1. The summed E-state index contributed by atoms with van der Waals surface area (Å²) in [7, 11) is 2.18. The molecule has 6 nitrogen and oxygen atoms in total. The van der Waals surface area contributed by atoms with Gasteiger partial charge in [-0.15, -0.1) is 11.3 Å². The molecule has 1 fully saturated rings. The summed E-state index contributed by atoms with van der Waals surface area (Å²) in [6, 6.07) is 25.6. The van der Waals surface area contributed by atoms with Gasteiger partial charge >= 0.3 is 0 Å². The van der Waals surface area contributed by atoms with Gasteiger partial charge < -0.3 is 15.0 Å². The first kappa shape index (κ1) is 24.2.